The Labute approximate surface area is 175 Å². The monoisotopic (exact) mass is 407 g/mol. The van der Waals surface area contributed by atoms with E-state index >= 15 is 0 Å². The molecule has 2 aliphatic rings. The van der Waals surface area contributed by atoms with E-state index in [1.807, 2.05) is 25.1 Å². The SMILES string of the molecule is CCCOc1ccc(N2C(=O)CC(Nc3ccc4c(c3)CCN4C(C)=O)C2=O)cc1. The van der Waals surface area contributed by atoms with Gasteiger partial charge in [-0.2, -0.15) is 0 Å². The Morgan fingerprint density at radius 2 is 1.93 bits per heavy atom. The normalized spacial score (nSPS) is 18.0. The summed E-state index contributed by atoms with van der Waals surface area (Å²) < 4.78 is 5.56. The molecule has 7 heteroatoms. The Morgan fingerprint density at radius 3 is 2.63 bits per heavy atom. The molecule has 2 heterocycles. The topological polar surface area (TPSA) is 79.0 Å². The highest BCUT2D eigenvalue weighted by Crippen LogP contribution is 2.32. The van der Waals surface area contributed by atoms with Crippen LogP contribution in [0, 0.1) is 0 Å². The summed E-state index contributed by atoms with van der Waals surface area (Å²) in [5, 5.41) is 3.19. The van der Waals surface area contributed by atoms with E-state index in [2.05, 4.69) is 5.32 Å². The van der Waals surface area contributed by atoms with Crippen molar-refractivity contribution in [1.82, 2.24) is 0 Å². The fraction of sp³-hybridized carbons (Fsp3) is 0.348. The maximum absolute atomic E-state index is 12.9. The molecule has 2 aromatic rings. The van der Waals surface area contributed by atoms with Crippen LogP contribution < -0.4 is 19.9 Å². The van der Waals surface area contributed by atoms with Crippen molar-refractivity contribution in [1.29, 1.82) is 0 Å². The van der Waals surface area contributed by atoms with Crippen molar-refractivity contribution < 1.29 is 19.1 Å². The van der Waals surface area contributed by atoms with Crippen molar-refractivity contribution in [2.75, 3.05) is 28.3 Å². The number of fused-ring (bicyclic) bond motifs is 1. The summed E-state index contributed by atoms with van der Waals surface area (Å²) in [6, 6.07) is 12.1. The number of imide groups is 1. The van der Waals surface area contributed by atoms with Gasteiger partial charge in [0.15, 0.2) is 0 Å². The largest absolute Gasteiger partial charge is 0.494 e. The zero-order chi connectivity index (χ0) is 21.3. The lowest BCUT2D eigenvalue weighted by molar-refractivity contribution is -0.121. The fourth-order valence-electron chi connectivity index (χ4n) is 3.95. The van der Waals surface area contributed by atoms with E-state index in [-0.39, 0.29) is 24.1 Å². The van der Waals surface area contributed by atoms with E-state index in [1.165, 1.54) is 4.90 Å². The lowest BCUT2D eigenvalue weighted by Crippen LogP contribution is -2.34. The number of carbonyl (C=O) groups excluding carboxylic acids is 3. The number of anilines is 3. The van der Waals surface area contributed by atoms with Crippen LogP contribution in [-0.4, -0.2) is 36.9 Å². The van der Waals surface area contributed by atoms with Gasteiger partial charge in [0.1, 0.15) is 11.8 Å². The van der Waals surface area contributed by atoms with Crippen LogP contribution >= 0.6 is 0 Å². The molecule has 0 radical (unpaired) electrons. The van der Waals surface area contributed by atoms with Gasteiger partial charge in [-0.15, -0.1) is 0 Å². The van der Waals surface area contributed by atoms with Gasteiger partial charge in [0.05, 0.1) is 18.7 Å². The lowest BCUT2D eigenvalue weighted by atomic mass is 10.1. The number of amides is 3. The smallest absolute Gasteiger partial charge is 0.256 e. The molecule has 0 saturated carbocycles. The van der Waals surface area contributed by atoms with E-state index < -0.39 is 6.04 Å². The Hall–Kier alpha value is -3.35. The summed E-state index contributed by atoms with van der Waals surface area (Å²) in [5.74, 6) is 0.233. The number of carbonyl (C=O) groups is 3. The molecule has 2 aromatic carbocycles. The molecule has 1 atom stereocenters. The molecule has 0 aromatic heterocycles. The number of nitrogens with zero attached hydrogens (tertiary/aromatic N) is 2. The predicted octanol–water partition coefficient (Wildman–Crippen LogP) is 3.13. The van der Waals surface area contributed by atoms with Crippen LogP contribution in [0.1, 0.15) is 32.3 Å². The Morgan fingerprint density at radius 1 is 1.17 bits per heavy atom. The molecule has 7 nitrogen and oxygen atoms in total. The quantitative estimate of drug-likeness (QED) is 0.745. The van der Waals surface area contributed by atoms with Gasteiger partial charge in [-0.1, -0.05) is 6.92 Å². The number of ether oxygens (including phenoxy) is 1. The fourth-order valence-corrected chi connectivity index (χ4v) is 3.95. The molecule has 0 spiro atoms. The summed E-state index contributed by atoms with van der Waals surface area (Å²) in [6.07, 6.45) is 1.79. The molecule has 156 valence electrons. The summed E-state index contributed by atoms with van der Waals surface area (Å²) in [7, 11) is 0. The van der Waals surface area contributed by atoms with Gasteiger partial charge in [0.2, 0.25) is 11.8 Å². The first-order chi connectivity index (χ1) is 14.5. The van der Waals surface area contributed by atoms with Gasteiger partial charge < -0.3 is 15.0 Å². The first-order valence-corrected chi connectivity index (χ1v) is 10.2. The highest BCUT2D eigenvalue weighted by atomic mass is 16.5. The second-order valence-electron chi connectivity index (χ2n) is 7.57. The molecule has 30 heavy (non-hydrogen) atoms. The maximum atomic E-state index is 12.9. The van der Waals surface area contributed by atoms with Crippen LogP contribution in [0.2, 0.25) is 0 Å². The van der Waals surface area contributed by atoms with Gasteiger partial charge in [0, 0.05) is 24.8 Å². The average molecular weight is 407 g/mol. The second-order valence-corrected chi connectivity index (χ2v) is 7.57. The first-order valence-electron chi connectivity index (χ1n) is 10.2. The van der Waals surface area contributed by atoms with E-state index in [1.54, 1.807) is 36.1 Å². The third-order valence-electron chi connectivity index (χ3n) is 5.41. The van der Waals surface area contributed by atoms with E-state index in [0.717, 1.165) is 29.8 Å². The van der Waals surface area contributed by atoms with Crippen molar-refractivity contribution in [3.8, 4) is 5.75 Å². The lowest BCUT2D eigenvalue weighted by Gasteiger charge is -2.18. The molecular weight excluding hydrogens is 382 g/mol. The molecule has 2 aliphatic heterocycles. The van der Waals surface area contributed by atoms with Crippen molar-refractivity contribution in [2.24, 2.45) is 0 Å². The molecule has 1 fully saturated rings. The molecule has 0 aliphatic carbocycles. The van der Waals surface area contributed by atoms with Crippen molar-refractivity contribution in [3.05, 3.63) is 48.0 Å². The van der Waals surface area contributed by atoms with Crippen molar-refractivity contribution >= 4 is 34.8 Å². The molecule has 1 N–H and O–H groups in total. The summed E-state index contributed by atoms with van der Waals surface area (Å²) in [4.78, 5) is 40.1. The minimum Gasteiger partial charge on any atom is -0.494 e. The van der Waals surface area contributed by atoms with E-state index in [4.69, 9.17) is 4.74 Å². The minimum atomic E-state index is -0.614. The predicted molar refractivity (Wildman–Crippen MR) is 115 cm³/mol. The highest BCUT2D eigenvalue weighted by Gasteiger charge is 2.39. The van der Waals surface area contributed by atoms with Crippen LogP contribution in [0.4, 0.5) is 17.1 Å². The summed E-state index contributed by atoms with van der Waals surface area (Å²) >= 11 is 0. The van der Waals surface area contributed by atoms with Crippen LogP contribution in [-0.2, 0) is 20.8 Å². The van der Waals surface area contributed by atoms with Gasteiger partial charge in [-0.25, -0.2) is 4.90 Å². The third-order valence-corrected chi connectivity index (χ3v) is 5.41. The molecular formula is C23H25N3O4. The Kier molecular flexibility index (Phi) is 5.44. The first kappa shape index (κ1) is 19.9. The Bertz CT molecular complexity index is 986. The summed E-state index contributed by atoms with van der Waals surface area (Å²) in [5.41, 5.74) is 3.29. The number of nitrogens with one attached hydrogen (secondary N) is 1. The zero-order valence-corrected chi connectivity index (χ0v) is 17.2. The van der Waals surface area contributed by atoms with Crippen LogP contribution in [0.25, 0.3) is 0 Å². The van der Waals surface area contributed by atoms with E-state index in [9.17, 15) is 14.4 Å². The van der Waals surface area contributed by atoms with Gasteiger partial charge in [0.25, 0.3) is 5.91 Å². The molecule has 4 rings (SSSR count). The van der Waals surface area contributed by atoms with E-state index in [0.29, 0.717) is 24.6 Å². The van der Waals surface area contributed by atoms with Crippen molar-refractivity contribution in [2.45, 2.75) is 39.2 Å². The zero-order valence-electron chi connectivity index (χ0n) is 17.2. The summed E-state index contributed by atoms with van der Waals surface area (Å²) in [6.45, 7) is 4.88. The number of hydrogen-bond acceptors (Lipinski definition) is 5. The second kappa shape index (κ2) is 8.18. The Balaban J connectivity index is 1.46. The van der Waals surface area contributed by atoms with Crippen LogP contribution in [0.15, 0.2) is 42.5 Å². The van der Waals surface area contributed by atoms with Crippen LogP contribution in [0.5, 0.6) is 5.75 Å². The minimum absolute atomic E-state index is 0.0211. The molecule has 0 bridgehead atoms. The van der Waals surface area contributed by atoms with Crippen LogP contribution in [0.3, 0.4) is 0 Å². The molecule has 1 unspecified atom stereocenters. The highest BCUT2D eigenvalue weighted by molar-refractivity contribution is 6.23. The van der Waals surface area contributed by atoms with Gasteiger partial charge >= 0.3 is 0 Å². The number of hydrogen-bond donors (Lipinski definition) is 1. The molecule has 3 amide bonds. The standard InChI is InChI=1S/C23H25N3O4/c1-3-12-30-19-7-5-18(6-8-19)26-22(28)14-20(23(26)29)24-17-4-9-21-16(13-17)10-11-25(21)15(2)27/h4-9,13,20,24H,3,10-12,14H2,1-2H3. The third kappa shape index (κ3) is 3.75. The van der Waals surface area contributed by atoms with Crippen molar-refractivity contribution in [3.63, 3.8) is 0 Å². The number of rotatable bonds is 6. The average Bonchev–Trinajstić information content (AvgIpc) is 3.27. The van der Waals surface area contributed by atoms with Gasteiger partial charge in [-0.05, 0) is 60.9 Å². The molecule has 1 saturated heterocycles. The van der Waals surface area contributed by atoms with Gasteiger partial charge in [-0.3, -0.25) is 14.4 Å². The number of benzene rings is 2. The maximum Gasteiger partial charge on any atom is 0.256 e.